The summed E-state index contributed by atoms with van der Waals surface area (Å²) < 4.78 is 0.838. The first-order valence-electron chi connectivity index (χ1n) is 3.81. The molecule has 1 aliphatic rings. The number of aliphatic carboxylic acids is 1. The Labute approximate surface area is 88.6 Å². The highest BCUT2D eigenvalue weighted by Crippen LogP contribution is 2.43. The summed E-state index contributed by atoms with van der Waals surface area (Å²) in [5.74, 6) is -1.17. The molecule has 13 heavy (non-hydrogen) atoms. The van der Waals surface area contributed by atoms with E-state index in [9.17, 15) is 4.79 Å². The van der Waals surface area contributed by atoms with E-state index < -0.39 is 5.97 Å². The standard InChI is InChI=1S/C9H6BrClO2/c10-6-1-2-7(11)4-3-5(8(4)6)9(12)13/h1-2,5H,3H2,(H,12,13). The first-order valence-corrected chi connectivity index (χ1v) is 4.98. The van der Waals surface area contributed by atoms with E-state index in [1.54, 1.807) is 12.1 Å². The van der Waals surface area contributed by atoms with Gasteiger partial charge >= 0.3 is 5.97 Å². The van der Waals surface area contributed by atoms with Crippen LogP contribution in [0.2, 0.25) is 5.02 Å². The van der Waals surface area contributed by atoms with Crippen LogP contribution in [-0.4, -0.2) is 11.1 Å². The van der Waals surface area contributed by atoms with Crippen LogP contribution in [-0.2, 0) is 11.2 Å². The second kappa shape index (κ2) is 3.00. The zero-order valence-corrected chi connectivity index (χ0v) is 8.89. The molecule has 1 aromatic carbocycles. The molecule has 0 radical (unpaired) electrons. The summed E-state index contributed by atoms with van der Waals surface area (Å²) in [5.41, 5.74) is 1.79. The quantitative estimate of drug-likeness (QED) is 0.844. The Bertz CT molecular complexity index is 389. The molecular formula is C9H6BrClO2. The SMILES string of the molecule is O=C(O)C1Cc2c(Cl)ccc(Br)c21. The number of benzene rings is 1. The minimum atomic E-state index is -0.782. The van der Waals surface area contributed by atoms with Gasteiger partial charge in [0, 0.05) is 9.50 Å². The fraction of sp³-hybridized carbons (Fsp3) is 0.222. The lowest BCUT2D eigenvalue weighted by atomic mass is 9.77. The Morgan fingerprint density at radius 1 is 1.62 bits per heavy atom. The molecule has 4 heteroatoms. The van der Waals surface area contributed by atoms with Crippen LogP contribution in [0.3, 0.4) is 0 Å². The molecule has 68 valence electrons. The summed E-state index contributed by atoms with van der Waals surface area (Å²) in [5, 5.41) is 9.49. The van der Waals surface area contributed by atoms with E-state index in [0.29, 0.717) is 11.4 Å². The molecule has 0 aliphatic heterocycles. The van der Waals surface area contributed by atoms with Crippen molar-refractivity contribution in [1.29, 1.82) is 0 Å². The molecule has 1 aromatic rings. The zero-order chi connectivity index (χ0) is 9.59. The summed E-state index contributed by atoms with van der Waals surface area (Å²) in [6.45, 7) is 0. The molecule has 1 unspecified atom stereocenters. The smallest absolute Gasteiger partial charge is 0.311 e. The van der Waals surface area contributed by atoms with E-state index in [-0.39, 0.29) is 5.92 Å². The Hall–Kier alpha value is -0.540. The monoisotopic (exact) mass is 260 g/mol. The van der Waals surface area contributed by atoms with E-state index in [0.717, 1.165) is 15.6 Å². The van der Waals surface area contributed by atoms with E-state index in [4.69, 9.17) is 16.7 Å². The van der Waals surface area contributed by atoms with Gasteiger partial charge in [-0.1, -0.05) is 27.5 Å². The van der Waals surface area contributed by atoms with Crippen molar-refractivity contribution in [3.05, 3.63) is 32.8 Å². The van der Waals surface area contributed by atoms with Gasteiger partial charge in [0.25, 0.3) is 0 Å². The van der Waals surface area contributed by atoms with Crippen LogP contribution in [0.25, 0.3) is 0 Å². The highest BCUT2D eigenvalue weighted by molar-refractivity contribution is 9.10. The van der Waals surface area contributed by atoms with Gasteiger partial charge in [0.1, 0.15) is 0 Å². The molecule has 0 amide bonds. The van der Waals surface area contributed by atoms with Crippen LogP contribution in [0.15, 0.2) is 16.6 Å². The van der Waals surface area contributed by atoms with Gasteiger partial charge in [-0.2, -0.15) is 0 Å². The van der Waals surface area contributed by atoms with Gasteiger partial charge in [-0.15, -0.1) is 0 Å². The van der Waals surface area contributed by atoms with E-state index in [1.165, 1.54) is 0 Å². The molecule has 0 saturated heterocycles. The molecule has 0 spiro atoms. The number of halogens is 2. The maximum atomic E-state index is 10.7. The maximum Gasteiger partial charge on any atom is 0.311 e. The third kappa shape index (κ3) is 1.27. The highest BCUT2D eigenvalue weighted by atomic mass is 79.9. The average molecular weight is 262 g/mol. The molecule has 0 bridgehead atoms. The topological polar surface area (TPSA) is 37.3 Å². The van der Waals surface area contributed by atoms with Crippen molar-refractivity contribution < 1.29 is 9.90 Å². The predicted octanol–water partition coefficient (Wildman–Crippen LogP) is 2.83. The third-order valence-electron chi connectivity index (χ3n) is 2.30. The van der Waals surface area contributed by atoms with Crippen LogP contribution in [0, 0.1) is 0 Å². The van der Waals surface area contributed by atoms with E-state index in [1.807, 2.05) is 0 Å². The molecule has 1 atom stereocenters. The summed E-state index contributed by atoms with van der Waals surface area (Å²) in [4.78, 5) is 10.7. The third-order valence-corrected chi connectivity index (χ3v) is 3.35. The van der Waals surface area contributed by atoms with Gasteiger partial charge in [0.2, 0.25) is 0 Å². The Morgan fingerprint density at radius 2 is 2.31 bits per heavy atom. The van der Waals surface area contributed by atoms with Gasteiger partial charge in [-0.25, -0.2) is 0 Å². The van der Waals surface area contributed by atoms with Crippen LogP contribution in [0.4, 0.5) is 0 Å². The van der Waals surface area contributed by atoms with Crippen molar-refractivity contribution in [2.45, 2.75) is 12.3 Å². The van der Waals surface area contributed by atoms with Crippen molar-refractivity contribution in [1.82, 2.24) is 0 Å². The zero-order valence-electron chi connectivity index (χ0n) is 6.55. The van der Waals surface area contributed by atoms with Crippen LogP contribution < -0.4 is 0 Å². The number of carbonyl (C=O) groups is 1. The minimum absolute atomic E-state index is 0.386. The Morgan fingerprint density at radius 3 is 2.92 bits per heavy atom. The fourth-order valence-electron chi connectivity index (χ4n) is 1.58. The van der Waals surface area contributed by atoms with E-state index >= 15 is 0 Å². The Kier molecular flexibility index (Phi) is 2.08. The lowest BCUT2D eigenvalue weighted by Crippen LogP contribution is -2.25. The second-order valence-corrected chi connectivity index (χ2v) is 4.28. The molecule has 0 fully saturated rings. The lowest BCUT2D eigenvalue weighted by molar-refractivity contribution is -0.139. The van der Waals surface area contributed by atoms with Crippen molar-refractivity contribution in [3.8, 4) is 0 Å². The van der Waals surface area contributed by atoms with Crippen molar-refractivity contribution in [2.75, 3.05) is 0 Å². The van der Waals surface area contributed by atoms with Gasteiger partial charge in [0.05, 0.1) is 5.92 Å². The second-order valence-electron chi connectivity index (χ2n) is 3.02. The first kappa shape index (κ1) is 9.03. The number of hydrogen-bond donors (Lipinski definition) is 1. The summed E-state index contributed by atoms with van der Waals surface area (Å²) in [6.07, 6.45) is 0.545. The van der Waals surface area contributed by atoms with Crippen LogP contribution in [0.5, 0.6) is 0 Å². The van der Waals surface area contributed by atoms with Crippen LogP contribution in [0.1, 0.15) is 17.0 Å². The molecule has 1 N–H and O–H groups in total. The summed E-state index contributed by atoms with van der Waals surface area (Å²) >= 11 is 9.21. The molecular weight excluding hydrogens is 255 g/mol. The molecule has 0 aromatic heterocycles. The average Bonchev–Trinajstić information content (AvgIpc) is 1.95. The van der Waals surface area contributed by atoms with Gasteiger partial charge in [-0.3, -0.25) is 4.79 Å². The van der Waals surface area contributed by atoms with Gasteiger partial charge in [-0.05, 0) is 29.7 Å². The molecule has 0 saturated carbocycles. The van der Waals surface area contributed by atoms with Crippen LogP contribution >= 0.6 is 27.5 Å². The minimum Gasteiger partial charge on any atom is -0.481 e. The largest absolute Gasteiger partial charge is 0.481 e. The number of carboxylic acids is 1. The first-order chi connectivity index (χ1) is 6.11. The molecule has 1 aliphatic carbocycles. The Balaban J connectivity index is 2.51. The summed E-state index contributed by atoms with van der Waals surface area (Å²) in [6, 6.07) is 3.57. The number of fused-ring (bicyclic) bond motifs is 1. The fourth-order valence-corrected chi connectivity index (χ4v) is 2.47. The number of rotatable bonds is 1. The van der Waals surface area contributed by atoms with Gasteiger partial charge < -0.3 is 5.11 Å². The van der Waals surface area contributed by atoms with E-state index in [2.05, 4.69) is 15.9 Å². The molecule has 0 heterocycles. The van der Waals surface area contributed by atoms with Crippen molar-refractivity contribution in [3.63, 3.8) is 0 Å². The normalized spacial score (nSPS) is 19.1. The maximum absolute atomic E-state index is 10.7. The molecule has 2 nitrogen and oxygen atoms in total. The lowest BCUT2D eigenvalue weighted by Gasteiger charge is -2.28. The van der Waals surface area contributed by atoms with Crippen molar-refractivity contribution >= 4 is 33.5 Å². The highest BCUT2D eigenvalue weighted by Gasteiger charge is 2.35. The summed E-state index contributed by atoms with van der Waals surface area (Å²) in [7, 11) is 0. The van der Waals surface area contributed by atoms with Crippen molar-refractivity contribution in [2.24, 2.45) is 0 Å². The number of hydrogen-bond acceptors (Lipinski definition) is 1. The number of carboxylic acid groups (broad SMARTS) is 1. The van der Waals surface area contributed by atoms with Gasteiger partial charge in [0.15, 0.2) is 0 Å². The molecule has 2 rings (SSSR count). The predicted molar refractivity (Wildman–Crippen MR) is 53.2 cm³/mol.